The van der Waals surface area contributed by atoms with E-state index in [1.807, 2.05) is 0 Å². The van der Waals surface area contributed by atoms with E-state index in [0.717, 1.165) is 0 Å². The van der Waals surface area contributed by atoms with Gasteiger partial charge in [-0.3, -0.25) is 4.84 Å². The summed E-state index contributed by atoms with van der Waals surface area (Å²) in [5, 5.41) is 8.84. The summed E-state index contributed by atoms with van der Waals surface area (Å²) in [5.74, 6) is 3.58. The summed E-state index contributed by atoms with van der Waals surface area (Å²) < 4.78 is 4.74. The van der Waals surface area contributed by atoms with Crippen LogP contribution in [0.15, 0.2) is 0 Å². The average Bonchev–Trinajstić information content (AvgIpc) is 1.98. The minimum atomic E-state index is -1.44. The maximum absolute atomic E-state index is 10.8. The van der Waals surface area contributed by atoms with Gasteiger partial charge in [-0.1, -0.05) is 13.8 Å². The number of hydrogen-bond donors (Lipinski definition) is 2. The van der Waals surface area contributed by atoms with E-state index in [4.69, 9.17) is 15.7 Å². The van der Waals surface area contributed by atoms with Crippen LogP contribution in [0.5, 0.6) is 0 Å². The van der Waals surface area contributed by atoms with Gasteiger partial charge in [0.05, 0.1) is 6.61 Å². The molecule has 5 nitrogen and oxygen atoms in total. The van der Waals surface area contributed by atoms with Crippen LogP contribution >= 0.6 is 0 Å². The lowest BCUT2D eigenvalue weighted by Gasteiger charge is -2.29. The Hall–Kier alpha value is -0.650. The van der Waals surface area contributed by atoms with Gasteiger partial charge in [-0.05, 0) is 5.92 Å². The zero-order valence-corrected chi connectivity index (χ0v) is 7.53. The Balaban J connectivity index is 4.63. The molecule has 0 bridgehead atoms. The molecule has 0 spiro atoms. The molecule has 0 radical (unpaired) electrons. The van der Waals surface area contributed by atoms with Gasteiger partial charge >= 0.3 is 5.97 Å². The van der Waals surface area contributed by atoms with Crippen LogP contribution < -0.4 is 5.90 Å². The van der Waals surface area contributed by atoms with Crippen molar-refractivity contribution >= 4 is 5.97 Å². The number of nitrogens with two attached hydrogens (primary N) is 1. The maximum Gasteiger partial charge on any atom is 0.340 e. The zero-order valence-electron chi connectivity index (χ0n) is 7.53. The Kier molecular flexibility index (Phi) is 4.16. The van der Waals surface area contributed by atoms with E-state index >= 15 is 0 Å². The zero-order chi connectivity index (χ0) is 9.78. The quantitative estimate of drug-likeness (QED) is 0.578. The predicted octanol–water partition coefficient (Wildman–Crippen LogP) is 0.00250. The van der Waals surface area contributed by atoms with Gasteiger partial charge in [0, 0.05) is 7.11 Å². The lowest BCUT2D eigenvalue weighted by molar-refractivity contribution is -0.183. The van der Waals surface area contributed by atoms with E-state index in [1.165, 1.54) is 7.11 Å². The third-order valence-corrected chi connectivity index (χ3v) is 1.86. The number of carbonyl (C=O) groups is 1. The first-order valence-electron chi connectivity index (χ1n) is 3.61. The van der Waals surface area contributed by atoms with Crippen molar-refractivity contribution in [3.8, 4) is 0 Å². The van der Waals surface area contributed by atoms with E-state index in [2.05, 4.69) is 4.84 Å². The van der Waals surface area contributed by atoms with Crippen LogP contribution in [0.3, 0.4) is 0 Å². The van der Waals surface area contributed by atoms with Crippen LogP contribution in [-0.2, 0) is 14.4 Å². The molecule has 0 amide bonds. The van der Waals surface area contributed by atoms with Gasteiger partial charge in [-0.15, -0.1) is 0 Å². The highest BCUT2D eigenvalue weighted by atomic mass is 16.7. The molecule has 1 atom stereocenters. The monoisotopic (exact) mass is 177 g/mol. The second kappa shape index (κ2) is 4.39. The first-order valence-corrected chi connectivity index (χ1v) is 3.61. The molecule has 0 aromatic heterocycles. The van der Waals surface area contributed by atoms with Crippen LogP contribution in [0.2, 0.25) is 0 Å². The summed E-state index contributed by atoms with van der Waals surface area (Å²) in [5.41, 5.74) is -1.44. The summed E-state index contributed by atoms with van der Waals surface area (Å²) in [7, 11) is 1.40. The van der Waals surface area contributed by atoms with Crippen molar-refractivity contribution in [2.24, 2.45) is 11.8 Å². The predicted molar refractivity (Wildman–Crippen MR) is 42.4 cm³/mol. The smallest absolute Gasteiger partial charge is 0.340 e. The van der Waals surface area contributed by atoms with Crippen LogP contribution in [0, 0.1) is 5.92 Å². The second-order valence-electron chi connectivity index (χ2n) is 2.90. The molecule has 0 aromatic carbocycles. The summed E-state index contributed by atoms with van der Waals surface area (Å²) in [4.78, 5) is 15.3. The standard InChI is InChI=1S/C7H15NO4/c1-5(2)7(12-8,4-11-3)6(9)10/h5H,4,8H2,1-3H3,(H,9,10). The van der Waals surface area contributed by atoms with Crippen molar-refractivity contribution < 1.29 is 19.5 Å². The molecule has 0 saturated heterocycles. The van der Waals surface area contributed by atoms with Crippen molar-refractivity contribution in [1.82, 2.24) is 0 Å². The third kappa shape index (κ3) is 1.94. The van der Waals surface area contributed by atoms with E-state index < -0.39 is 11.6 Å². The van der Waals surface area contributed by atoms with Crippen molar-refractivity contribution in [2.45, 2.75) is 19.4 Å². The van der Waals surface area contributed by atoms with E-state index in [9.17, 15) is 4.79 Å². The number of carboxylic acids is 1. The van der Waals surface area contributed by atoms with E-state index in [1.54, 1.807) is 13.8 Å². The van der Waals surface area contributed by atoms with Crippen LogP contribution in [0.25, 0.3) is 0 Å². The fourth-order valence-corrected chi connectivity index (χ4v) is 0.910. The molecule has 1 unspecified atom stereocenters. The maximum atomic E-state index is 10.8. The topological polar surface area (TPSA) is 81.8 Å². The second-order valence-corrected chi connectivity index (χ2v) is 2.90. The summed E-state index contributed by atoms with van der Waals surface area (Å²) in [6, 6.07) is 0. The minimum absolute atomic E-state index is 0.0590. The van der Waals surface area contributed by atoms with Crippen molar-refractivity contribution in [2.75, 3.05) is 13.7 Å². The molecule has 0 aromatic rings. The Labute approximate surface area is 71.4 Å². The van der Waals surface area contributed by atoms with Gasteiger partial charge in [0.1, 0.15) is 0 Å². The Morgan fingerprint density at radius 2 is 2.17 bits per heavy atom. The SMILES string of the molecule is COCC(ON)(C(=O)O)C(C)C. The summed E-state index contributed by atoms with van der Waals surface area (Å²) >= 11 is 0. The molecular weight excluding hydrogens is 162 g/mol. The number of ether oxygens (including phenoxy) is 1. The highest BCUT2D eigenvalue weighted by Crippen LogP contribution is 2.20. The molecule has 0 aliphatic rings. The van der Waals surface area contributed by atoms with Gasteiger partial charge in [0.15, 0.2) is 0 Å². The average molecular weight is 177 g/mol. The van der Waals surface area contributed by atoms with Gasteiger partial charge in [0.2, 0.25) is 5.60 Å². The fraction of sp³-hybridized carbons (Fsp3) is 0.857. The number of rotatable bonds is 5. The van der Waals surface area contributed by atoms with Crippen molar-refractivity contribution in [1.29, 1.82) is 0 Å². The molecule has 0 rings (SSSR count). The molecule has 0 saturated carbocycles. The van der Waals surface area contributed by atoms with Crippen molar-refractivity contribution in [3.63, 3.8) is 0 Å². The summed E-state index contributed by atoms with van der Waals surface area (Å²) in [6.07, 6.45) is 0. The van der Waals surface area contributed by atoms with Gasteiger partial charge < -0.3 is 9.84 Å². The first-order chi connectivity index (χ1) is 5.51. The highest BCUT2D eigenvalue weighted by molar-refractivity contribution is 5.78. The van der Waals surface area contributed by atoms with Crippen molar-refractivity contribution in [3.05, 3.63) is 0 Å². The molecule has 0 aliphatic carbocycles. The number of aliphatic carboxylic acids is 1. The summed E-state index contributed by atoms with van der Waals surface area (Å²) in [6.45, 7) is 3.36. The normalized spacial score (nSPS) is 16.1. The van der Waals surface area contributed by atoms with E-state index in [-0.39, 0.29) is 12.5 Å². The van der Waals surface area contributed by atoms with Gasteiger partial charge in [0.25, 0.3) is 0 Å². The lowest BCUT2D eigenvalue weighted by atomic mass is 9.91. The lowest BCUT2D eigenvalue weighted by Crippen LogP contribution is -2.52. The molecular formula is C7H15NO4. The Morgan fingerprint density at radius 3 is 2.25 bits per heavy atom. The molecule has 3 N–H and O–H groups in total. The van der Waals surface area contributed by atoms with Gasteiger partial charge in [-0.2, -0.15) is 0 Å². The number of hydrogen-bond acceptors (Lipinski definition) is 4. The largest absolute Gasteiger partial charge is 0.479 e. The fourth-order valence-electron chi connectivity index (χ4n) is 0.910. The van der Waals surface area contributed by atoms with Crippen LogP contribution in [0.1, 0.15) is 13.8 Å². The number of carboxylic acid groups (broad SMARTS) is 1. The molecule has 0 aliphatic heterocycles. The van der Waals surface area contributed by atoms with E-state index in [0.29, 0.717) is 0 Å². The van der Waals surface area contributed by atoms with Crippen LogP contribution in [-0.4, -0.2) is 30.4 Å². The third-order valence-electron chi connectivity index (χ3n) is 1.86. The molecule has 0 fully saturated rings. The van der Waals surface area contributed by atoms with Gasteiger partial charge in [-0.25, -0.2) is 10.7 Å². The Bertz CT molecular complexity index is 159. The molecule has 72 valence electrons. The molecule has 12 heavy (non-hydrogen) atoms. The first kappa shape index (κ1) is 11.4. The number of methoxy groups -OCH3 is 1. The minimum Gasteiger partial charge on any atom is -0.479 e. The highest BCUT2D eigenvalue weighted by Gasteiger charge is 2.43. The molecule has 5 heteroatoms. The Morgan fingerprint density at radius 1 is 1.67 bits per heavy atom. The van der Waals surface area contributed by atoms with Crippen LogP contribution in [0.4, 0.5) is 0 Å². The molecule has 0 heterocycles.